The van der Waals surface area contributed by atoms with Crippen LogP contribution in [0.1, 0.15) is 12.6 Å². The molecule has 3 heterocycles. The third kappa shape index (κ3) is 3.95. The van der Waals surface area contributed by atoms with Gasteiger partial charge in [-0.1, -0.05) is 0 Å². The molecular weight excluding hydrogens is 449 g/mol. The maximum Gasteiger partial charge on any atom is 0.348 e. The number of aliphatic carboxylic acids is 3. The Labute approximate surface area is 176 Å². The number of ether oxygens (including phenoxy) is 2. The summed E-state index contributed by atoms with van der Waals surface area (Å²) in [6, 6.07) is 0. The molecule has 6 N–H and O–H groups in total. The summed E-state index contributed by atoms with van der Waals surface area (Å²) in [5, 5.41) is 37.2. The molecule has 16 heteroatoms. The Balaban J connectivity index is 1.85. The van der Waals surface area contributed by atoms with Crippen molar-refractivity contribution in [1.82, 2.24) is 19.5 Å². The predicted molar refractivity (Wildman–Crippen MR) is 95.8 cm³/mol. The highest BCUT2D eigenvalue weighted by Crippen LogP contribution is 2.35. The Hall–Kier alpha value is -3.14. The minimum Gasteiger partial charge on any atom is -0.481 e. The monoisotopic (exact) mass is 463 g/mol. The summed E-state index contributed by atoms with van der Waals surface area (Å²) < 4.78 is 26.0. The van der Waals surface area contributed by atoms with Crippen LogP contribution in [0.4, 0.5) is 10.2 Å². The molecule has 1 aliphatic heterocycles. The number of anilines is 1. The molecule has 0 amide bonds. The highest BCUT2D eigenvalue weighted by atomic mass is 35.5. The van der Waals surface area contributed by atoms with E-state index in [0.717, 1.165) is 10.9 Å². The highest BCUT2D eigenvalue weighted by Gasteiger charge is 2.53. The number of nitrogens with two attached hydrogens (primary N) is 1. The van der Waals surface area contributed by atoms with Gasteiger partial charge in [-0.15, -0.1) is 0 Å². The normalized spacial score (nSPS) is 23.8. The molecule has 1 fully saturated rings. The number of halogens is 2. The van der Waals surface area contributed by atoms with E-state index in [2.05, 4.69) is 15.0 Å². The number of nitrogens with zero attached hydrogens (tertiary/aromatic N) is 4. The van der Waals surface area contributed by atoms with E-state index in [1.54, 1.807) is 0 Å². The molecule has 31 heavy (non-hydrogen) atoms. The number of nitrogen functional groups attached to an aromatic ring is 1. The lowest BCUT2D eigenvalue weighted by Crippen LogP contribution is -2.52. The van der Waals surface area contributed by atoms with Crippen LogP contribution < -0.4 is 5.73 Å². The fourth-order valence-corrected chi connectivity index (χ4v) is 3.19. The molecule has 0 unspecified atom stereocenters. The first kappa shape index (κ1) is 22.5. The van der Waals surface area contributed by atoms with Crippen LogP contribution >= 0.6 is 11.6 Å². The molecule has 2 aromatic rings. The zero-order chi connectivity index (χ0) is 23.1. The van der Waals surface area contributed by atoms with Gasteiger partial charge in [0.15, 0.2) is 23.9 Å². The fraction of sp³-hybridized carbons (Fsp3) is 0.467. The van der Waals surface area contributed by atoms with Gasteiger partial charge in [-0.2, -0.15) is 9.97 Å². The van der Waals surface area contributed by atoms with Gasteiger partial charge in [0.05, 0.1) is 19.4 Å². The largest absolute Gasteiger partial charge is 0.481 e. The SMILES string of the molecule is Nc1nc(Cl)nc2c1ncn2[C@@H]1O[C@H](COC(CC(=O)O)(C(=O)O)C(=O)O)[C@@H](O)[C@@H]1F. The van der Waals surface area contributed by atoms with Crippen molar-refractivity contribution in [2.24, 2.45) is 0 Å². The van der Waals surface area contributed by atoms with Crippen molar-refractivity contribution < 1.29 is 48.7 Å². The Morgan fingerprint density at radius 1 is 1.29 bits per heavy atom. The summed E-state index contributed by atoms with van der Waals surface area (Å²) >= 11 is 5.75. The van der Waals surface area contributed by atoms with E-state index in [0.29, 0.717) is 0 Å². The van der Waals surface area contributed by atoms with Crippen molar-refractivity contribution >= 4 is 46.5 Å². The van der Waals surface area contributed by atoms with Crippen LogP contribution in [-0.2, 0) is 23.9 Å². The summed E-state index contributed by atoms with van der Waals surface area (Å²) in [4.78, 5) is 45.3. The van der Waals surface area contributed by atoms with Gasteiger partial charge in [0.2, 0.25) is 5.28 Å². The van der Waals surface area contributed by atoms with E-state index in [-0.39, 0.29) is 22.3 Å². The quantitative estimate of drug-likeness (QED) is 0.236. The van der Waals surface area contributed by atoms with Crippen LogP contribution in [0, 0.1) is 0 Å². The van der Waals surface area contributed by atoms with Crippen LogP contribution in [-0.4, -0.2) is 88.4 Å². The number of hydrogen-bond acceptors (Lipinski definition) is 10. The van der Waals surface area contributed by atoms with Crippen molar-refractivity contribution in [2.75, 3.05) is 12.3 Å². The van der Waals surface area contributed by atoms with Crippen LogP contribution in [0.15, 0.2) is 6.33 Å². The van der Waals surface area contributed by atoms with Crippen molar-refractivity contribution in [3.8, 4) is 0 Å². The molecule has 1 aliphatic rings. The first-order valence-corrected chi connectivity index (χ1v) is 8.81. The molecule has 0 spiro atoms. The van der Waals surface area contributed by atoms with Crippen molar-refractivity contribution in [2.45, 2.75) is 36.6 Å². The van der Waals surface area contributed by atoms with E-state index in [1.165, 1.54) is 0 Å². The molecule has 0 bridgehead atoms. The molecular formula is C15H15ClFN5O9. The van der Waals surface area contributed by atoms with Crippen LogP contribution in [0.25, 0.3) is 11.2 Å². The van der Waals surface area contributed by atoms with Crippen LogP contribution in [0.5, 0.6) is 0 Å². The topological polar surface area (TPSA) is 220 Å². The summed E-state index contributed by atoms with van der Waals surface area (Å²) in [6.45, 7) is -0.950. The first-order valence-electron chi connectivity index (χ1n) is 8.43. The third-order valence-corrected chi connectivity index (χ3v) is 4.74. The number of aliphatic hydroxyl groups excluding tert-OH is 1. The van der Waals surface area contributed by atoms with E-state index in [9.17, 15) is 34.1 Å². The molecule has 4 atom stereocenters. The van der Waals surface area contributed by atoms with Gasteiger partial charge in [-0.05, 0) is 11.6 Å². The van der Waals surface area contributed by atoms with Crippen molar-refractivity contribution in [3.63, 3.8) is 0 Å². The molecule has 2 aromatic heterocycles. The summed E-state index contributed by atoms with van der Waals surface area (Å²) in [5.41, 5.74) is 2.56. The van der Waals surface area contributed by atoms with Gasteiger partial charge in [0.25, 0.3) is 5.60 Å². The average molecular weight is 464 g/mol. The van der Waals surface area contributed by atoms with E-state index < -0.39 is 61.1 Å². The molecule has 168 valence electrons. The zero-order valence-corrected chi connectivity index (χ0v) is 16.0. The van der Waals surface area contributed by atoms with E-state index in [4.69, 9.17) is 31.9 Å². The van der Waals surface area contributed by atoms with E-state index in [1.807, 2.05) is 0 Å². The standard InChI is InChI=1S/C15H15ClFN5O9/c16-14-20-9(18)7-10(21-14)22(3-19-7)11-6(17)8(25)4(31-11)2-30-15(12(26)27,13(28)29)1-5(23)24/h3-4,6,8,11,25H,1-2H2,(H,23,24)(H,26,27)(H,28,29)(H2,18,20,21)/t4-,6+,8-,11-/m1/s1. The Morgan fingerprint density at radius 3 is 2.52 bits per heavy atom. The zero-order valence-electron chi connectivity index (χ0n) is 15.3. The van der Waals surface area contributed by atoms with Crippen LogP contribution in [0.3, 0.4) is 0 Å². The number of rotatable bonds is 8. The summed E-state index contributed by atoms with van der Waals surface area (Å²) in [5.74, 6) is -6.04. The van der Waals surface area contributed by atoms with Gasteiger partial charge in [-0.3, -0.25) is 9.36 Å². The number of aliphatic hydroxyl groups is 1. The smallest absolute Gasteiger partial charge is 0.348 e. The Kier molecular flexibility index (Phi) is 5.95. The van der Waals surface area contributed by atoms with Crippen molar-refractivity contribution in [3.05, 3.63) is 11.6 Å². The van der Waals surface area contributed by atoms with E-state index >= 15 is 0 Å². The molecule has 0 radical (unpaired) electrons. The summed E-state index contributed by atoms with van der Waals surface area (Å²) in [6.07, 6.45) is -7.42. The lowest BCUT2D eigenvalue weighted by molar-refractivity contribution is -0.194. The lowest BCUT2D eigenvalue weighted by Gasteiger charge is -2.25. The minimum atomic E-state index is -3.17. The number of imidazole rings is 1. The number of carboxylic acids is 3. The fourth-order valence-electron chi connectivity index (χ4n) is 3.02. The molecule has 0 aromatic carbocycles. The third-order valence-electron chi connectivity index (χ3n) is 4.57. The lowest BCUT2D eigenvalue weighted by atomic mass is 9.99. The Morgan fingerprint density at radius 2 is 1.94 bits per heavy atom. The molecule has 0 aliphatic carbocycles. The number of fused-ring (bicyclic) bond motifs is 1. The average Bonchev–Trinajstić information content (AvgIpc) is 3.20. The molecule has 3 rings (SSSR count). The minimum absolute atomic E-state index is 0.0183. The number of carboxylic acid groups (broad SMARTS) is 3. The highest BCUT2D eigenvalue weighted by molar-refractivity contribution is 6.28. The number of aromatic nitrogens is 4. The second kappa shape index (κ2) is 8.18. The van der Waals surface area contributed by atoms with Gasteiger partial charge in [0.1, 0.15) is 17.7 Å². The number of alkyl halides is 1. The van der Waals surface area contributed by atoms with Crippen LogP contribution in [0.2, 0.25) is 5.28 Å². The second-order valence-corrected chi connectivity index (χ2v) is 6.86. The Bertz CT molecular complexity index is 1040. The molecule has 0 saturated carbocycles. The van der Waals surface area contributed by atoms with Gasteiger partial charge >= 0.3 is 17.9 Å². The number of hydrogen-bond donors (Lipinski definition) is 5. The number of carbonyl (C=O) groups is 3. The van der Waals surface area contributed by atoms with Gasteiger partial charge < -0.3 is 35.6 Å². The molecule has 14 nitrogen and oxygen atoms in total. The maximum absolute atomic E-state index is 14.8. The second-order valence-electron chi connectivity index (χ2n) is 6.52. The first-order chi connectivity index (χ1) is 14.5. The molecule has 1 saturated heterocycles. The van der Waals surface area contributed by atoms with Gasteiger partial charge in [0, 0.05) is 0 Å². The van der Waals surface area contributed by atoms with Gasteiger partial charge in [-0.25, -0.2) is 19.0 Å². The van der Waals surface area contributed by atoms with Crippen molar-refractivity contribution in [1.29, 1.82) is 0 Å². The summed E-state index contributed by atoms with van der Waals surface area (Å²) in [7, 11) is 0. The predicted octanol–water partition coefficient (Wildman–Crippen LogP) is -0.942. The maximum atomic E-state index is 14.8.